The summed E-state index contributed by atoms with van der Waals surface area (Å²) in [6.07, 6.45) is 2.17. The largest absolute Gasteiger partial charge is 0.492 e. The van der Waals surface area contributed by atoms with Crippen molar-refractivity contribution in [1.82, 2.24) is 0 Å². The summed E-state index contributed by atoms with van der Waals surface area (Å²) in [4.78, 5) is 0. The Kier molecular flexibility index (Phi) is 9.17. The second-order valence-corrected chi connectivity index (χ2v) is 11.3. The van der Waals surface area contributed by atoms with Gasteiger partial charge >= 0.3 is 0 Å². The smallest absolute Gasteiger partial charge is 0.125 e. The van der Waals surface area contributed by atoms with Gasteiger partial charge in [-0.25, -0.2) is 0 Å². The average Bonchev–Trinajstić information content (AvgIpc) is 2.87. The first-order chi connectivity index (χ1) is 18.3. The van der Waals surface area contributed by atoms with Gasteiger partial charge in [0, 0.05) is 0 Å². The van der Waals surface area contributed by atoms with Crippen molar-refractivity contribution in [2.45, 2.75) is 54.4 Å². The van der Waals surface area contributed by atoms with E-state index >= 15 is 0 Å². The van der Waals surface area contributed by atoms with Crippen LogP contribution in [0.25, 0.3) is 11.1 Å². The number of ether oxygens (including phenoxy) is 4. The molecular formula is C34H44O4. The lowest BCUT2D eigenvalue weighted by Gasteiger charge is -2.40. The minimum absolute atomic E-state index is 0.184. The molecule has 2 saturated heterocycles. The molecule has 0 unspecified atom stereocenters. The van der Waals surface area contributed by atoms with Gasteiger partial charge in [-0.05, 0) is 98.2 Å². The Morgan fingerprint density at radius 2 is 0.842 bits per heavy atom. The second-order valence-electron chi connectivity index (χ2n) is 11.3. The van der Waals surface area contributed by atoms with Gasteiger partial charge in [0.1, 0.15) is 11.5 Å². The van der Waals surface area contributed by atoms with Crippen molar-refractivity contribution in [2.24, 2.45) is 10.8 Å². The Balaban J connectivity index is 0.000000494. The molecule has 3 aromatic rings. The summed E-state index contributed by atoms with van der Waals surface area (Å²) in [5, 5.41) is 0. The van der Waals surface area contributed by atoms with Crippen molar-refractivity contribution in [3.63, 3.8) is 0 Å². The van der Waals surface area contributed by atoms with Crippen LogP contribution in [-0.4, -0.2) is 39.6 Å². The molecule has 0 aliphatic carbocycles. The molecule has 0 aromatic heterocycles. The maximum atomic E-state index is 6.30. The van der Waals surface area contributed by atoms with Gasteiger partial charge in [-0.3, -0.25) is 0 Å². The molecule has 0 N–H and O–H groups in total. The Labute approximate surface area is 229 Å². The van der Waals surface area contributed by atoms with Crippen molar-refractivity contribution in [3.8, 4) is 22.6 Å². The third-order valence-corrected chi connectivity index (χ3v) is 8.10. The zero-order valence-corrected chi connectivity index (χ0v) is 24.1. The van der Waals surface area contributed by atoms with Gasteiger partial charge in [0.25, 0.3) is 0 Å². The summed E-state index contributed by atoms with van der Waals surface area (Å²) in [7, 11) is 0. The molecule has 0 radical (unpaired) electrons. The van der Waals surface area contributed by atoms with E-state index in [1.54, 1.807) is 0 Å². The summed E-state index contributed by atoms with van der Waals surface area (Å²) in [6, 6.07) is 21.0. The fourth-order valence-corrected chi connectivity index (χ4v) is 5.09. The van der Waals surface area contributed by atoms with E-state index in [0.29, 0.717) is 0 Å². The summed E-state index contributed by atoms with van der Waals surface area (Å²) in [6.45, 7) is 17.7. The van der Waals surface area contributed by atoms with Crippen LogP contribution >= 0.6 is 0 Å². The molecule has 5 rings (SSSR count). The van der Waals surface area contributed by atoms with Gasteiger partial charge in [-0.15, -0.1) is 0 Å². The molecule has 2 fully saturated rings. The lowest BCUT2D eigenvalue weighted by atomic mass is 9.84. The van der Waals surface area contributed by atoms with Crippen LogP contribution in [0, 0.1) is 38.5 Å². The Hall–Kier alpha value is -2.82. The topological polar surface area (TPSA) is 36.9 Å². The Morgan fingerprint density at radius 1 is 0.553 bits per heavy atom. The molecule has 204 valence electrons. The van der Waals surface area contributed by atoms with Crippen molar-refractivity contribution in [2.75, 3.05) is 39.6 Å². The molecule has 38 heavy (non-hydrogen) atoms. The SMILES string of the molecule is CCC1(COc2c(C)cc(-c3cc(C)c(OCC4(CC)COC4)c(C)c3)cc2C)COC1.c1ccccc1. The maximum absolute atomic E-state index is 6.30. The zero-order chi connectivity index (χ0) is 27.2. The molecule has 0 saturated carbocycles. The zero-order valence-electron chi connectivity index (χ0n) is 24.1. The minimum atomic E-state index is 0.184. The molecule has 2 aliphatic heterocycles. The van der Waals surface area contributed by atoms with Gasteiger partial charge < -0.3 is 18.9 Å². The highest BCUT2D eigenvalue weighted by molar-refractivity contribution is 5.70. The summed E-state index contributed by atoms with van der Waals surface area (Å²) >= 11 is 0. The van der Waals surface area contributed by atoms with E-state index in [1.807, 2.05) is 36.4 Å². The van der Waals surface area contributed by atoms with Crippen LogP contribution in [0.2, 0.25) is 0 Å². The number of hydrogen-bond acceptors (Lipinski definition) is 4. The van der Waals surface area contributed by atoms with Gasteiger partial charge in [-0.2, -0.15) is 0 Å². The average molecular weight is 517 g/mol. The monoisotopic (exact) mass is 516 g/mol. The standard InChI is InChI=1S/C28H38O4.C6H6/c1-7-27(13-29-14-27)17-31-25-19(3)9-23(10-20(25)4)24-11-21(5)26(22(6)12-24)32-18-28(8-2)15-30-16-28;1-2-4-6-5-3-1/h9-12H,7-8,13-18H2,1-6H3;1-6H. The van der Waals surface area contributed by atoms with Gasteiger partial charge in [0.05, 0.1) is 50.5 Å². The molecule has 2 heterocycles. The summed E-state index contributed by atoms with van der Waals surface area (Å²) in [5.41, 5.74) is 7.52. The fourth-order valence-electron chi connectivity index (χ4n) is 5.09. The predicted octanol–water partition coefficient (Wildman–Crippen LogP) is 7.88. The van der Waals surface area contributed by atoms with Crippen LogP contribution in [0.15, 0.2) is 60.7 Å². The second kappa shape index (κ2) is 12.4. The van der Waals surface area contributed by atoms with E-state index in [4.69, 9.17) is 18.9 Å². The van der Waals surface area contributed by atoms with E-state index in [9.17, 15) is 0 Å². The van der Waals surface area contributed by atoms with Crippen LogP contribution in [-0.2, 0) is 9.47 Å². The normalized spacial score (nSPS) is 16.9. The molecular weight excluding hydrogens is 472 g/mol. The van der Waals surface area contributed by atoms with Crippen molar-refractivity contribution in [1.29, 1.82) is 0 Å². The molecule has 3 aromatic carbocycles. The van der Waals surface area contributed by atoms with Crippen LogP contribution in [0.3, 0.4) is 0 Å². The summed E-state index contributed by atoms with van der Waals surface area (Å²) < 4.78 is 23.5. The minimum Gasteiger partial charge on any atom is -0.492 e. The van der Waals surface area contributed by atoms with Gasteiger partial charge in [0.15, 0.2) is 0 Å². The lowest BCUT2D eigenvalue weighted by molar-refractivity contribution is -0.133. The highest BCUT2D eigenvalue weighted by Crippen LogP contribution is 2.38. The molecule has 0 amide bonds. The molecule has 4 heteroatoms. The maximum Gasteiger partial charge on any atom is 0.125 e. The van der Waals surface area contributed by atoms with E-state index < -0.39 is 0 Å². The fraction of sp³-hybridized carbons (Fsp3) is 0.471. The number of benzene rings is 3. The number of hydrogen-bond donors (Lipinski definition) is 0. The predicted molar refractivity (Wildman–Crippen MR) is 155 cm³/mol. The Bertz CT molecular complexity index is 1030. The first kappa shape index (κ1) is 28.2. The highest BCUT2D eigenvalue weighted by Gasteiger charge is 2.38. The quantitative estimate of drug-likeness (QED) is 0.290. The van der Waals surface area contributed by atoms with Crippen LogP contribution in [0.1, 0.15) is 48.9 Å². The molecule has 0 bridgehead atoms. The van der Waals surface area contributed by atoms with Gasteiger partial charge in [0.2, 0.25) is 0 Å². The third-order valence-electron chi connectivity index (χ3n) is 8.10. The lowest BCUT2D eigenvalue weighted by Crippen LogP contribution is -2.46. The van der Waals surface area contributed by atoms with Crippen molar-refractivity contribution >= 4 is 0 Å². The number of rotatable bonds is 9. The molecule has 0 spiro atoms. The van der Waals surface area contributed by atoms with E-state index in [2.05, 4.69) is 65.8 Å². The van der Waals surface area contributed by atoms with Gasteiger partial charge in [-0.1, -0.05) is 50.2 Å². The van der Waals surface area contributed by atoms with E-state index in [0.717, 1.165) is 64.0 Å². The molecule has 4 nitrogen and oxygen atoms in total. The first-order valence-electron chi connectivity index (χ1n) is 13.9. The Morgan fingerprint density at radius 3 is 1.05 bits per heavy atom. The number of aryl methyl sites for hydroxylation is 4. The summed E-state index contributed by atoms with van der Waals surface area (Å²) in [5.74, 6) is 2.02. The van der Waals surface area contributed by atoms with E-state index in [-0.39, 0.29) is 10.8 Å². The third kappa shape index (κ3) is 6.42. The van der Waals surface area contributed by atoms with Crippen molar-refractivity contribution < 1.29 is 18.9 Å². The first-order valence-corrected chi connectivity index (χ1v) is 13.9. The van der Waals surface area contributed by atoms with Crippen LogP contribution in [0.4, 0.5) is 0 Å². The molecule has 0 atom stereocenters. The highest BCUT2D eigenvalue weighted by atomic mass is 16.5. The molecule has 2 aliphatic rings. The van der Waals surface area contributed by atoms with Crippen LogP contribution < -0.4 is 9.47 Å². The van der Waals surface area contributed by atoms with E-state index in [1.165, 1.54) is 33.4 Å². The van der Waals surface area contributed by atoms with Crippen LogP contribution in [0.5, 0.6) is 11.5 Å². The van der Waals surface area contributed by atoms with Crippen molar-refractivity contribution in [3.05, 3.63) is 82.9 Å².